The first-order valence-electron chi connectivity index (χ1n) is 10.4. The topological polar surface area (TPSA) is 77.3 Å². The van der Waals surface area contributed by atoms with Crippen LogP contribution in [0.1, 0.15) is 34.4 Å². The van der Waals surface area contributed by atoms with Crippen molar-refractivity contribution in [1.29, 1.82) is 0 Å². The Morgan fingerprint density at radius 2 is 1.90 bits per heavy atom. The average Bonchev–Trinajstić information content (AvgIpc) is 2.77. The molecule has 1 fully saturated rings. The zero-order valence-electron chi connectivity index (χ0n) is 17.8. The Bertz CT molecular complexity index is 1130. The molecule has 0 spiro atoms. The number of hydrogen-bond acceptors (Lipinski definition) is 5. The summed E-state index contributed by atoms with van der Waals surface area (Å²) in [6.45, 7) is 4.90. The molecule has 2 aromatic heterocycles. The first kappa shape index (κ1) is 20.9. The zero-order valence-corrected chi connectivity index (χ0v) is 17.8. The molecule has 1 aliphatic heterocycles. The highest BCUT2D eigenvalue weighted by atomic mass is 16.5. The molecule has 1 aliphatic rings. The molecule has 0 aliphatic carbocycles. The van der Waals surface area contributed by atoms with Crippen LogP contribution in [0.3, 0.4) is 0 Å². The lowest BCUT2D eigenvalue weighted by Gasteiger charge is -2.33. The Hall–Kier alpha value is -3.32. The summed E-state index contributed by atoms with van der Waals surface area (Å²) in [6.07, 6.45) is 0.453. The molecule has 4 rings (SSSR count). The summed E-state index contributed by atoms with van der Waals surface area (Å²) >= 11 is 0. The van der Waals surface area contributed by atoms with E-state index in [4.69, 9.17) is 9.72 Å². The summed E-state index contributed by atoms with van der Waals surface area (Å²) < 4.78 is 7.34. The van der Waals surface area contributed by atoms with Gasteiger partial charge >= 0.3 is 5.69 Å². The second-order valence-corrected chi connectivity index (χ2v) is 7.82. The van der Waals surface area contributed by atoms with E-state index in [1.54, 1.807) is 17.9 Å². The number of amides is 1. The summed E-state index contributed by atoms with van der Waals surface area (Å²) in [4.78, 5) is 35.6. The Labute approximate surface area is 181 Å². The van der Waals surface area contributed by atoms with Gasteiger partial charge in [0.1, 0.15) is 12.6 Å². The van der Waals surface area contributed by atoms with Crippen molar-refractivity contribution in [2.24, 2.45) is 0 Å². The van der Waals surface area contributed by atoms with E-state index in [1.807, 2.05) is 43.3 Å². The predicted molar refractivity (Wildman–Crippen MR) is 117 cm³/mol. The summed E-state index contributed by atoms with van der Waals surface area (Å²) in [5.41, 5.74) is 3.96. The summed E-state index contributed by atoms with van der Waals surface area (Å²) in [5, 5.41) is 0. The van der Waals surface area contributed by atoms with Gasteiger partial charge in [0.25, 0.3) is 0 Å². The lowest BCUT2D eigenvalue weighted by molar-refractivity contribution is -0.139. The number of ether oxygens (including phenoxy) is 1. The third-order valence-corrected chi connectivity index (χ3v) is 5.45. The molecule has 160 valence electrons. The molecular weight excluding hydrogens is 392 g/mol. The van der Waals surface area contributed by atoms with Crippen molar-refractivity contribution < 1.29 is 9.53 Å². The normalized spacial score (nSPS) is 16.3. The summed E-state index contributed by atoms with van der Waals surface area (Å²) in [6, 6.07) is 17.9. The predicted octanol–water partition coefficient (Wildman–Crippen LogP) is 2.45. The van der Waals surface area contributed by atoms with Crippen molar-refractivity contribution >= 4 is 5.91 Å². The fourth-order valence-corrected chi connectivity index (χ4v) is 3.84. The SMILES string of the molecule is Cc1cc(C)n(CC(=O)N2CCOC(c3cccc(Cc4ccccc4)n3)C2)c(=O)n1. The molecule has 3 heterocycles. The van der Waals surface area contributed by atoms with Crippen molar-refractivity contribution in [2.75, 3.05) is 19.7 Å². The third-order valence-electron chi connectivity index (χ3n) is 5.45. The smallest absolute Gasteiger partial charge is 0.348 e. The van der Waals surface area contributed by atoms with Crippen molar-refractivity contribution in [1.82, 2.24) is 19.4 Å². The maximum Gasteiger partial charge on any atom is 0.348 e. The number of rotatable bonds is 5. The number of morpholine rings is 1. The van der Waals surface area contributed by atoms with E-state index in [2.05, 4.69) is 17.1 Å². The van der Waals surface area contributed by atoms with Crippen LogP contribution in [-0.2, 0) is 22.5 Å². The lowest BCUT2D eigenvalue weighted by Crippen LogP contribution is -2.45. The van der Waals surface area contributed by atoms with Gasteiger partial charge in [0.15, 0.2) is 0 Å². The molecule has 0 N–H and O–H groups in total. The van der Waals surface area contributed by atoms with E-state index in [9.17, 15) is 9.59 Å². The number of hydrogen-bond donors (Lipinski definition) is 0. The highest BCUT2D eigenvalue weighted by Gasteiger charge is 2.27. The van der Waals surface area contributed by atoms with Crippen LogP contribution in [0.2, 0.25) is 0 Å². The van der Waals surface area contributed by atoms with E-state index >= 15 is 0 Å². The number of carbonyl (C=O) groups is 1. The Morgan fingerprint density at radius 1 is 1.10 bits per heavy atom. The molecule has 1 saturated heterocycles. The lowest BCUT2D eigenvalue weighted by atomic mass is 10.1. The van der Waals surface area contributed by atoms with Crippen molar-refractivity contribution in [3.8, 4) is 0 Å². The van der Waals surface area contributed by atoms with E-state index in [0.29, 0.717) is 25.4 Å². The maximum absolute atomic E-state index is 12.9. The molecule has 3 aromatic rings. The van der Waals surface area contributed by atoms with Gasteiger partial charge in [-0.25, -0.2) is 4.79 Å². The Balaban J connectivity index is 1.46. The number of nitrogens with zero attached hydrogens (tertiary/aromatic N) is 4. The number of aromatic nitrogens is 3. The average molecular weight is 418 g/mol. The first-order valence-corrected chi connectivity index (χ1v) is 10.4. The van der Waals surface area contributed by atoms with Gasteiger partial charge in [-0.15, -0.1) is 0 Å². The fourth-order valence-electron chi connectivity index (χ4n) is 3.84. The van der Waals surface area contributed by atoms with Crippen LogP contribution < -0.4 is 5.69 Å². The quantitative estimate of drug-likeness (QED) is 0.636. The van der Waals surface area contributed by atoms with Gasteiger partial charge in [0.2, 0.25) is 5.91 Å². The summed E-state index contributed by atoms with van der Waals surface area (Å²) in [5.74, 6) is -0.121. The molecule has 0 bridgehead atoms. The minimum Gasteiger partial charge on any atom is -0.368 e. The highest BCUT2D eigenvalue weighted by Crippen LogP contribution is 2.22. The van der Waals surface area contributed by atoms with Crippen LogP contribution in [0.5, 0.6) is 0 Å². The van der Waals surface area contributed by atoms with E-state index in [1.165, 1.54) is 10.1 Å². The summed E-state index contributed by atoms with van der Waals surface area (Å²) in [7, 11) is 0. The molecule has 1 atom stereocenters. The fraction of sp³-hybridized carbons (Fsp3) is 0.333. The van der Waals surface area contributed by atoms with Gasteiger partial charge in [-0.2, -0.15) is 4.98 Å². The van der Waals surface area contributed by atoms with Gasteiger partial charge in [-0.3, -0.25) is 14.3 Å². The van der Waals surface area contributed by atoms with Crippen molar-refractivity contribution in [3.63, 3.8) is 0 Å². The second-order valence-electron chi connectivity index (χ2n) is 7.82. The molecule has 31 heavy (non-hydrogen) atoms. The van der Waals surface area contributed by atoms with Crippen LogP contribution >= 0.6 is 0 Å². The molecule has 1 unspecified atom stereocenters. The van der Waals surface area contributed by atoms with E-state index in [-0.39, 0.29) is 18.6 Å². The largest absolute Gasteiger partial charge is 0.368 e. The monoisotopic (exact) mass is 418 g/mol. The number of pyridine rings is 1. The van der Waals surface area contributed by atoms with Crippen LogP contribution in [0, 0.1) is 13.8 Å². The number of aryl methyl sites for hydroxylation is 2. The van der Waals surface area contributed by atoms with Crippen LogP contribution in [-0.4, -0.2) is 45.0 Å². The molecule has 7 heteroatoms. The maximum atomic E-state index is 12.9. The van der Waals surface area contributed by atoms with Gasteiger partial charge in [0, 0.05) is 30.0 Å². The van der Waals surface area contributed by atoms with Crippen molar-refractivity contribution in [3.05, 3.63) is 93.4 Å². The van der Waals surface area contributed by atoms with Crippen LogP contribution in [0.25, 0.3) is 0 Å². The molecular formula is C24H26N4O3. The molecule has 1 amide bonds. The third kappa shape index (κ3) is 5.06. The first-order chi connectivity index (χ1) is 15.0. The molecule has 1 aromatic carbocycles. The Morgan fingerprint density at radius 3 is 2.68 bits per heavy atom. The van der Waals surface area contributed by atoms with E-state index in [0.717, 1.165) is 23.5 Å². The minimum absolute atomic E-state index is 0.0217. The van der Waals surface area contributed by atoms with E-state index < -0.39 is 5.69 Å². The minimum atomic E-state index is -0.397. The number of carbonyl (C=O) groups excluding carboxylic acids is 1. The standard InChI is InChI=1S/C24H26N4O3/c1-17-13-18(2)28(24(30)25-17)16-23(29)27-11-12-31-22(15-27)21-10-6-9-20(26-21)14-19-7-4-3-5-8-19/h3-10,13,22H,11-12,14-16H2,1-2H3. The molecule has 0 radical (unpaired) electrons. The van der Waals surface area contributed by atoms with Crippen LogP contribution in [0.4, 0.5) is 0 Å². The molecule has 7 nitrogen and oxygen atoms in total. The van der Waals surface area contributed by atoms with Gasteiger partial charge in [-0.05, 0) is 37.6 Å². The number of benzene rings is 1. The van der Waals surface area contributed by atoms with Gasteiger partial charge < -0.3 is 9.64 Å². The van der Waals surface area contributed by atoms with Gasteiger partial charge in [0.05, 0.1) is 18.8 Å². The van der Waals surface area contributed by atoms with Gasteiger partial charge in [-0.1, -0.05) is 36.4 Å². The highest BCUT2D eigenvalue weighted by molar-refractivity contribution is 5.76. The van der Waals surface area contributed by atoms with Crippen LogP contribution in [0.15, 0.2) is 59.4 Å². The van der Waals surface area contributed by atoms with Crippen molar-refractivity contribution in [2.45, 2.75) is 32.9 Å². The second kappa shape index (κ2) is 9.22. The zero-order chi connectivity index (χ0) is 21.8. The molecule has 0 saturated carbocycles. The Kier molecular flexibility index (Phi) is 6.23.